The van der Waals surface area contributed by atoms with E-state index in [4.69, 9.17) is 17.3 Å². The van der Waals surface area contributed by atoms with Gasteiger partial charge in [0.05, 0.1) is 9.92 Å². The number of halogens is 4. The highest BCUT2D eigenvalue weighted by molar-refractivity contribution is 7.89. The number of hydrogen-bond acceptors (Lipinski definition) is 4. The van der Waals surface area contributed by atoms with Crippen LogP contribution in [0.4, 0.5) is 8.78 Å². The number of sulfonamides is 1. The van der Waals surface area contributed by atoms with Gasteiger partial charge in [0, 0.05) is 12.6 Å². The van der Waals surface area contributed by atoms with Crippen LogP contribution in [-0.4, -0.2) is 27.6 Å². The van der Waals surface area contributed by atoms with Crippen molar-refractivity contribution in [3.8, 4) is 5.75 Å². The van der Waals surface area contributed by atoms with Gasteiger partial charge in [-0.05, 0) is 25.1 Å². The van der Waals surface area contributed by atoms with Crippen LogP contribution in [0.1, 0.15) is 6.92 Å². The Balaban J connectivity index is 0.00000361. The van der Waals surface area contributed by atoms with Gasteiger partial charge in [-0.25, -0.2) is 13.1 Å². The molecule has 20 heavy (non-hydrogen) atoms. The molecule has 0 aliphatic heterocycles. The first kappa shape index (κ1) is 19.3. The molecule has 0 unspecified atom stereocenters. The molecule has 0 spiro atoms. The predicted molar refractivity (Wildman–Crippen MR) is 74.2 cm³/mol. The summed E-state index contributed by atoms with van der Waals surface area (Å²) in [4.78, 5) is -0.153. The van der Waals surface area contributed by atoms with Crippen molar-refractivity contribution in [2.75, 3.05) is 6.54 Å². The lowest BCUT2D eigenvalue weighted by Gasteiger charge is -2.13. The van der Waals surface area contributed by atoms with Gasteiger partial charge in [0.15, 0.2) is 0 Å². The van der Waals surface area contributed by atoms with E-state index in [1.54, 1.807) is 6.92 Å². The Morgan fingerprint density at radius 3 is 2.50 bits per heavy atom. The quantitative estimate of drug-likeness (QED) is 0.821. The van der Waals surface area contributed by atoms with E-state index in [1.807, 2.05) is 0 Å². The third-order valence-electron chi connectivity index (χ3n) is 2.14. The third kappa shape index (κ3) is 5.37. The molecule has 0 bridgehead atoms. The number of ether oxygens (including phenoxy) is 1. The zero-order valence-electron chi connectivity index (χ0n) is 10.3. The highest BCUT2D eigenvalue weighted by atomic mass is 35.5. The molecular formula is C10H14Cl2F2N2O3S. The molecule has 3 N–H and O–H groups in total. The smallest absolute Gasteiger partial charge is 0.387 e. The van der Waals surface area contributed by atoms with Crippen molar-refractivity contribution in [3.05, 3.63) is 23.2 Å². The minimum Gasteiger partial charge on any atom is -0.433 e. The Morgan fingerprint density at radius 1 is 1.45 bits per heavy atom. The summed E-state index contributed by atoms with van der Waals surface area (Å²) in [5, 5.41) is -0.219. The fourth-order valence-corrected chi connectivity index (χ4v) is 2.79. The summed E-state index contributed by atoms with van der Waals surface area (Å²) >= 11 is 5.67. The van der Waals surface area contributed by atoms with E-state index in [0.717, 1.165) is 18.2 Å². The molecule has 0 heterocycles. The molecule has 1 aromatic rings. The average molecular weight is 351 g/mol. The third-order valence-corrected chi connectivity index (χ3v) is 4.02. The fraction of sp³-hybridized carbons (Fsp3) is 0.400. The molecule has 0 aromatic heterocycles. The maximum Gasteiger partial charge on any atom is 0.387 e. The standard InChI is InChI=1S/C10H13ClF2N2O3S.ClH/c1-6(5-14)15-19(16,17)7-2-3-9(8(11)4-7)18-10(12)13;/h2-4,6,10,15H,5,14H2,1H3;1H/t6-;/m0./s1. The molecule has 0 saturated carbocycles. The number of benzene rings is 1. The molecule has 5 nitrogen and oxygen atoms in total. The Bertz CT molecular complexity index is 543. The second-order valence-corrected chi connectivity index (χ2v) is 5.85. The molecule has 0 radical (unpaired) electrons. The first-order valence-electron chi connectivity index (χ1n) is 5.23. The topological polar surface area (TPSA) is 81.4 Å². The first-order chi connectivity index (χ1) is 8.76. The molecule has 0 saturated heterocycles. The second kappa shape index (κ2) is 7.94. The largest absolute Gasteiger partial charge is 0.433 e. The maximum atomic E-state index is 12.0. The number of alkyl halides is 2. The van der Waals surface area contributed by atoms with E-state index in [-0.39, 0.29) is 34.6 Å². The monoisotopic (exact) mass is 350 g/mol. The van der Waals surface area contributed by atoms with Crippen LogP contribution in [-0.2, 0) is 10.0 Å². The average Bonchev–Trinajstić information content (AvgIpc) is 2.30. The SMILES string of the molecule is C[C@@H](CN)NS(=O)(=O)c1ccc(OC(F)F)c(Cl)c1.Cl. The zero-order valence-corrected chi connectivity index (χ0v) is 12.7. The minimum atomic E-state index is -3.80. The number of hydrogen-bond donors (Lipinski definition) is 2. The summed E-state index contributed by atoms with van der Waals surface area (Å²) in [5.41, 5.74) is 5.31. The van der Waals surface area contributed by atoms with Gasteiger partial charge in [0.2, 0.25) is 10.0 Å². The molecule has 1 aromatic carbocycles. The van der Waals surface area contributed by atoms with Gasteiger partial charge in [-0.1, -0.05) is 11.6 Å². The van der Waals surface area contributed by atoms with Gasteiger partial charge in [-0.3, -0.25) is 0 Å². The van der Waals surface area contributed by atoms with Gasteiger partial charge in [0.25, 0.3) is 0 Å². The van der Waals surface area contributed by atoms with Crippen molar-refractivity contribution in [2.45, 2.75) is 24.5 Å². The van der Waals surface area contributed by atoms with Crippen LogP contribution < -0.4 is 15.2 Å². The van der Waals surface area contributed by atoms with Crippen molar-refractivity contribution in [1.29, 1.82) is 0 Å². The van der Waals surface area contributed by atoms with Crippen LogP contribution in [0, 0.1) is 0 Å². The Hall–Kier alpha value is -0.670. The molecular weight excluding hydrogens is 337 g/mol. The highest BCUT2D eigenvalue weighted by Crippen LogP contribution is 2.28. The predicted octanol–water partition coefficient (Wildman–Crippen LogP) is 1.99. The van der Waals surface area contributed by atoms with Crippen LogP contribution >= 0.6 is 24.0 Å². The highest BCUT2D eigenvalue weighted by Gasteiger charge is 2.19. The van der Waals surface area contributed by atoms with E-state index < -0.39 is 22.7 Å². The molecule has 1 atom stereocenters. The van der Waals surface area contributed by atoms with Crippen molar-refractivity contribution in [2.24, 2.45) is 5.73 Å². The molecule has 0 amide bonds. The van der Waals surface area contributed by atoms with Crippen molar-refractivity contribution >= 4 is 34.0 Å². The van der Waals surface area contributed by atoms with Gasteiger partial charge in [-0.2, -0.15) is 8.78 Å². The Morgan fingerprint density at radius 2 is 2.05 bits per heavy atom. The normalized spacial score (nSPS) is 12.9. The van der Waals surface area contributed by atoms with Crippen LogP contribution in [0.3, 0.4) is 0 Å². The lowest BCUT2D eigenvalue weighted by Crippen LogP contribution is -2.37. The number of nitrogens with one attached hydrogen (secondary N) is 1. The van der Waals surface area contributed by atoms with Crippen molar-refractivity contribution in [1.82, 2.24) is 4.72 Å². The summed E-state index contributed by atoms with van der Waals surface area (Å²) in [7, 11) is -3.80. The Kier molecular flexibility index (Phi) is 7.67. The Labute approximate surface area is 126 Å². The molecule has 10 heteroatoms. The van der Waals surface area contributed by atoms with Crippen LogP contribution in [0.15, 0.2) is 23.1 Å². The van der Waals surface area contributed by atoms with Gasteiger partial charge in [-0.15, -0.1) is 12.4 Å². The van der Waals surface area contributed by atoms with E-state index in [9.17, 15) is 17.2 Å². The molecule has 0 aliphatic rings. The summed E-state index contributed by atoms with van der Waals surface area (Å²) in [6.07, 6.45) is 0. The second-order valence-electron chi connectivity index (χ2n) is 3.73. The lowest BCUT2D eigenvalue weighted by atomic mass is 10.3. The maximum absolute atomic E-state index is 12.0. The van der Waals surface area contributed by atoms with Crippen molar-refractivity contribution in [3.63, 3.8) is 0 Å². The zero-order chi connectivity index (χ0) is 14.6. The first-order valence-corrected chi connectivity index (χ1v) is 7.09. The lowest BCUT2D eigenvalue weighted by molar-refractivity contribution is -0.0498. The van der Waals surface area contributed by atoms with E-state index in [2.05, 4.69) is 9.46 Å². The fourth-order valence-electron chi connectivity index (χ4n) is 1.22. The van der Waals surface area contributed by atoms with Crippen molar-refractivity contribution < 1.29 is 21.9 Å². The molecule has 1 rings (SSSR count). The van der Waals surface area contributed by atoms with Gasteiger partial charge >= 0.3 is 6.61 Å². The van der Waals surface area contributed by atoms with Crippen LogP contribution in [0.2, 0.25) is 5.02 Å². The van der Waals surface area contributed by atoms with E-state index in [0.29, 0.717) is 0 Å². The van der Waals surface area contributed by atoms with Crippen LogP contribution in [0.25, 0.3) is 0 Å². The summed E-state index contributed by atoms with van der Waals surface area (Å²) < 4.78 is 54.2. The van der Waals surface area contributed by atoms with E-state index in [1.165, 1.54) is 0 Å². The minimum absolute atomic E-state index is 0. The van der Waals surface area contributed by atoms with Gasteiger partial charge in [0.1, 0.15) is 5.75 Å². The molecule has 0 aliphatic carbocycles. The number of nitrogens with two attached hydrogens (primary N) is 1. The van der Waals surface area contributed by atoms with Gasteiger partial charge < -0.3 is 10.5 Å². The van der Waals surface area contributed by atoms with E-state index >= 15 is 0 Å². The van der Waals surface area contributed by atoms with Crippen LogP contribution in [0.5, 0.6) is 5.75 Å². The number of rotatable bonds is 6. The summed E-state index contributed by atoms with van der Waals surface area (Å²) in [5.74, 6) is -0.289. The summed E-state index contributed by atoms with van der Waals surface area (Å²) in [6, 6.07) is 2.76. The molecule has 116 valence electrons. The molecule has 0 fully saturated rings. The summed E-state index contributed by atoms with van der Waals surface area (Å²) in [6.45, 7) is -1.32.